The van der Waals surface area contributed by atoms with Gasteiger partial charge in [-0.05, 0) is 92.7 Å². The lowest BCUT2D eigenvalue weighted by Gasteiger charge is -2.57. The van der Waals surface area contributed by atoms with E-state index in [1.165, 1.54) is 52.3 Å². The second-order valence-corrected chi connectivity index (χ2v) is 16.0. The summed E-state index contributed by atoms with van der Waals surface area (Å²) in [6.07, 6.45) is 7.84. The van der Waals surface area contributed by atoms with Crippen molar-refractivity contribution in [2.75, 3.05) is 40.9 Å². The first-order chi connectivity index (χ1) is 24.3. The lowest BCUT2D eigenvalue weighted by atomic mass is 9.56. The van der Waals surface area contributed by atoms with Gasteiger partial charge in [0.25, 0.3) is 0 Å². The van der Waals surface area contributed by atoms with Gasteiger partial charge in [-0.15, -0.1) is 0 Å². The molecule has 2 aromatic carbocycles. The lowest BCUT2D eigenvalue weighted by Crippen LogP contribution is -2.67. The second kappa shape index (κ2) is 11.8. The average molecular weight is 675 g/mol. The van der Waals surface area contributed by atoms with Crippen LogP contribution in [0.5, 0.6) is 0 Å². The number of H-pyrrole nitrogens is 2. The molecule has 8 nitrogen and oxygen atoms in total. The maximum Gasteiger partial charge on any atom is 0.319 e. The number of likely N-dealkylation sites (tertiary alicyclic amines) is 1. The molecule has 2 aromatic heterocycles. The summed E-state index contributed by atoms with van der Waals surface area (Å²) >= 11 is 0. The quantitative estimate of drug-likeness (QED) is 0.190. The summed E-state index contributed by atoms with van der Waals surface area (Å²) in [5.74, 6) is 0.619. The molecule has 6 heterocycles. The molecular weight excluding hydrogens is 624 g/mol. The number of piperidine rings is 3. The van der Waals surface area contributed by atoms with Crippen molar-refractivity contribution >= 4 is 33.7 Å². The summed E-state index contributed by atoms with van der Waals surface area (Å²) in [7, 11) is 5.25. The van der Waals surface area contributed by atoms with E-state index in [2.05, 4.69) is 89.2 Å². The van der Waals surface area contributed by atoms with Crippen LogP contribution < -0.4 is 0 Å². The highest BCUT2D eigenvalue weighted by molar-refractivity contribution is 5.92. The van der Waals surface area contributed by atoms with Gasteiger partial charge in [-0.25, -0.2) is 0 Å². The van der Waals surface area contributed by atoms with E-state index in [9.17, 15) is 9.59 Å². The molecule has 6 bridgehead atoms. The molecule has 1 saturated carbocycles. The molecule has 3 saturated heterocycles. The summed E-state index contributed by atoms with van der Waals surface area (Å²) in [6, 6.07) is 15.8. The van der Waals surface area contributed by atoms with Gasteiger partial charge in [0.15, 0.2) is 0 Å². The smallest absolute Gasteiger partial charge is 0.319 e. The van der Waals surface area contributed by atoms with Crippen molar-refractivity contribution in [2.24, 2.45) is 23.7 Å². The van der Waals surface area contributed by atoms with Crippen molar-refractivity contribution in [2.45, 2.75) is 75.8 Å². The van der Waals surface area contributed by atoms with E-state index in [4.69, 9.17) is 9.47 Å². The van der Waals surface area contributed by atoms with Crippen LogP contribution in [0.15, 0.2) is 54.1 Å². The molecular formula is C42H50N4O4. The van der Waals surface area contributed by atoms with Crippen LogP contribution in [0.3, 0.4) is 0 Å². The van der Waals surface area contributed by atoms with Crippen LogP contribution in [0, 0.1) is 23.7 Å². The number of hydrogen-bond acceptors (Lipinski definition) is 6. The number of hydrogen-bond donors (Lipinski definition) is 2. The molecule has 1 unspecified atom stereocenters. The van der Waals surface area contributed by atoms with Gasteiger partial charge in [0, 0.05) is 70.8 Å². The first-order valence-electron chi connectivity index (χ1n) is 18.8. The zero-order valence-electron chi connectivity index (χ0n) is 30.1. The van der Waals surface area contributed by atoms with Gasteiger partial charge < -0.3 is 19.4 Å². The predicted octanol–water partition coefficient (Wildman–Crippen LogP) is 6.48. The number of ether oxygens (including phenoxy) is 2. The highest BCUT2D eigenvalue weighted by atomic mass is 16.5. The number of nitrogens with one attached hydrogen (secondary N) is 2. The Balaban J connectivity index is 1.22. The van der Waals surface area contributed by atoms with Crippen molar-refractivity contribution in [3.8, 4) is 0 Å². The minimum atomic E-state index is -0.677. The zero-order chi connectivity index (χ0) is 34.5. The SMILES string of the molecule is C/C=C1/CN(C)[C@H]2Cc3c([nH]c4ccccc34)[C@H](c3ccc4c5c([nH]c4c3)[C@]3(C(=O)OC)C[C@H]4C[C@H](CC)[C@@H]3N(CC5)C4)C[C@@H]1[C@@H]2C(=O)OC. The number of likely N-dealkylation sites (N-methyl/N-ethyl adjacent to an activating group) is 1. The highest BCUT2D eigenvalue weighted by Crippen LogP contribution is 2.56. The maximum absolute atomic E-state index is 14.1. The van der Waals surface area contributed by atoms with Gasteiger partial charge in [0.1, 0.15) is 5.41 Å². The van der Waals surface area contributed by atoms with E-state index in [0.29, 0.717) is 11.8 Å². The van der Waals surface area contributed by atoms with E-state index in [1.54, 1.807) is 7.11 Å². The van der Waals surface area contributed by atoms with Crippen molar-refractivity contribution in [3.05, 3.63) is 82.2 Å². The third-order valence-electron chi connectivity index (χ3n) is 13.9. The second-order valence-electron chi connectivity index (χ2n) is 16.0. The topological polar surface area (TPSA) is 90.7 Å². The Kier molecular flexibility index (Phi) is 7.59. The first-order valence-corrected chi connectivity index (χ1v) is 18.8. The standard InChI is InChI=1S/C42H50N4O4/c1-6-24-16-23-20-42(41(48)50-5)38-29(14-15-46(21-23)39(24)42)28-13-12-26(17-34(28)44-38)31-18-30-25(7-2)22-45(3)35(36(30)40(47)49-4)19-32-27-10-8-9-11-33(27)43-37(31)32/h7-13,17,23-24,30-31,35-36,39,43-44H,6,14-16,18-22H2,1-5H3/b25-7-/t23-,24+,30+,31+,35+,36+,39+,42-/m1/s1. The average Bonchev–Trinajstić information content (AvgIpc) is 3.67. The monoisotopic (exact) mass is 674 g/mol. The molecule has 50 heavy (non-hydrogen) atoms. The highest BCUT2D eigenvalue weighted by Gasteiger charge is 2.62. The molecule has 0 amide bonds. The minimum Gasteiger partial charge on any atom is -0.469 e. The van der Waals surface area contributed by atoms with Gasteiger partial charge in [-0.2, -0.15) is 0 Å². The van der Waals surface area contributed by atoms with Crippen molar-refractivity contribution < 1.29 is 19.1 Å². The number of carbonyl (C=O) groups excluding carboxylic acids is 2. The summed E-state index contributed by atoms with van der Waals surface area (Å²) < 4.78 is 11.2. The largest absolute Gasteiger partial charge is 0.469 e. The van der Waals surface area contributed by atoms with Crippen LogP contribution >= 0.6 is 0 Å². The van der Waals surface area contributed by atoms with Crippen LogP contribution in [0.4, 0.5) is 0 Å². The van der Waals surface area contributed by atoms with Crippen LogP contribution in [0.2, 0.25) is 0 Å². The molecule has 262 valence electrons. The summed E-state index contributed by atoms with van der Waals surface area (Å²) in [6.45, 7) is 7.29. The normalized spacial score (nSPS) is 34.1. The molecule has 9 atom stereocenters. The third kappa shape index (κ3) is 4.43. The zero-order valence-corrected chi connectivity index (χ0v) is 30.1. The Morgan fingerprint density at radius 3 is 2.62 bits per heavy atom. The number of allylic oxidation sites excluding steroid dienone is 1. The van der Waals surface area contributed by atoms with E-state index in [-0.39, 0.29) is 41.8 Å². The van der Waals surface area contributed by atoms with Gasteiger partial charge in [0.2, 0.25) is 0 Å². The summed E-state index contributed by atoms with van der Waals surface area (Å²) in [5.41, 5.74) is 9.01. The molecule has 0 radical (unpaired) electrons. The Morgan fingerprint density at radius 2 is 1.84 bits per heavy atom. The van der Waals surface area contributed by atoms with Gasteiger partial charge in [0.05, 0.1) is 20.1 Å². The van der Waals surface area contributed by atoms with Crippen molar-refractivity contribution in [3.63, 3.8) is 0 Å². The number of aromatic nitrogens is 2. The van der Waals surface area contributed by atoms with E-state index >= 15 is 0 Å². The Bertz CT molecular complexity index is 2040. The molecule has 4 aliphatic heterocycles. The fourth-order valence-electron chi connectivity index (χ4n) is 11.8. The van der Waals surface area contributed by atoms with Crippen LogP contribution in [-0.2, 0) is 37.3 Å². The molecule has 6 aliphatic rings. The van der Waals surface area contributed by atoms with E-state index < -0.39 is 5.41 Å². The number of carbonyl (C=O) groups is 2. The first kappa shape index (κ1) is 32.1. The van der Waals surface area contributed by atoms with Crippen LogP contribution in [0.1, 0.15) is 73.5 Å². The molecule has 4 aromatic rings. The third-order valence-corrected chi connectivity index (χ3v) is 13.9. The number of fused-ring (bicyclic) bond motifs is 9. The Labute approximate surface area is 294 Å². The summed E-state index contributed by atoms with van der Waals surface area (Å²) in [4.78, 5) is 40.6. The molecule has 4 fully saturated rings. The van der Waals surface area contributed by atoms with Crippen LogP contribution in [0.25, 0.3) is 21.8 Å². The lowest BCUT2D eigenvalue weighted by molar-refractivity contribution is -0.162. The molecule has 10 rings (SSSR count). The number of benzene rings is 2. The minimum absolute atomic E-state index is 0.0431. The van der Waals surface area contributed by atoms with Gasteiger partial charge in [-0.1, -0.05) is 55.3 Å². The van der Waals surface area contributed by atoms with Crippen molar-refractivity contribution in [1.82, 2.24) is 19.8 Å². The van der Waals surface area contributed by atoms with E-state index in [1.807, 2.05) is 0 Å². The molecule has 2 aliphatic carbocycles. The number of aromatic amines is 2. The fourth-order valence-corrected chi connectivity index (χ4v) is 11.8. The molecule has 2 N–H and O–H groups in total. The number of para-hydroxylation sites is 1. The van der Waals surface area contributed by atoms with Gasteiger partial charge >= 0.3 is 11.9 Å². The van der Waals surface area contributed by atoms with Crippen LogP contribution in [-0.4, -0.2) is 84.7 Å². The molecule has 0 spiro atoms. The molecule has 8 heteroatoms. The van der Waals surface area contributed by atoms with E-state index in [0.717, 1.165) is 68.5 Å². The fraction of sp³-hybridized carbons (Fsp3) is 0.524. The summed E-state index contributed by atoms with van der Waals surface area (Å²) in [5, 5.41) is 2.45. The van der Waals surface area contributed by atoms with Crippen molar-refractivity contribution in [1.29, 1.82) is 0 Å². The Morgan fingerprint density at radius 1 is 1.02 bits per heavy atom. The predicted molar refractivity (Wildman–Crippen MR) is 195 cm³/mol. The maximum atomic E-state index is 14.1. The Hall–Kier alpha value is -3.88. The number of rotatable bonds is 4. The number of methoxy groups -OCH3 is 2. The number of esters is 2. The number of nitrogens with zero attached hydrogens (tertiary/aromatic N) is 2. The van der Waals surface area contributed by atoms with Gasteiger partial charge in [-0.3, -0.25) is 19.4 Å².